The van der Waals surface area contributed by atoms with Crippen LogP contribution >= 0.6 is 11.3 Å². The Balaban J connectivity index is 0.000000469. The van der Waals surface area contributed by atoms with Crippen molar-refractivity contribution in [3.8, 4) is 16.2 Å². The highest BCUT2D eigenvalue weighted by molar-refractivity contribution is 7.94. The average Bonchev–Trinajstić information content (AvgIpc) is 3.36. The highest BCUT2D eigenvalue weighted by Gasteiger charge is 2.19. The second-order valence-electron chi connectivity index (χ2n) is 8.77. The van der Waals surface area contributed by atoms with Gasteiger partial charge >= 0.3 is 0 Å². The summed E-state index contributed by atoms with van der Waals surface area (Å²) >= 11 is 1.23. The van der Waals surface area contributed by atoms with Crippen LogP contribution in [0.4, 0.5) is 5.69 Å². The summed E-state index contributed by atoms with van der Waals surface area (Å²) in [6.07, 6.45) is 9.00. The first kappa shape index (κ1) is 26.3. The average molecular weight is 501 g/mol. The molecule has 7 heteroatoms. The molecule has 1 aliphatic carbocycles. The largest absolute Gasteiger partial charge is 0.497 e. The predicted molar refractivity (Wildman–Crippen MR) is 143 cm³/mol. The van der Waals surface area contributed by atoms with Crippen molar-refractivity contribution in [3.63, 3.8) is 0 Å². The fourth-order valence-corrected chi connectivity index (χ4v) is 6.14. The molecule has 34 heavy (non-hydrogen) atoms. The molecule has 0 amide bonds. The van der Waals surface area contributed by atoms with E-state index in [1.54, 1.807) is 19.2 Å². The lowest BCUT2D eigenvalue weighted by atomic mass is 10.0. The molecule has 0 saturated heterocycles. The Hall–Kier alpha value is -2.35. The highest BCUT2D eigenvalue weighted by Crippen LogP contribution is 2.33. The second-order valence-corrected chi connectivity index (χ2v) is 11.8. The van der Waals surface area contributed by atoms with E-state index in [0.717, 1.165) is 21.8 Å². The molecule has 1 heterocycles. The van der Waals surface area contributed by atoms with E-state index in [-0.39, 0.29) is 4.21 Å². The van der Waals surface area contributed by atoms with Crippen molar-refractivity contribution in [2.45, 2.75) is 69.2 Å². The monoisotopic (exact) mass is 500 g/mol. The zero-order chi connectivity index (χ0) is 24.4. The maximum atomic E-state index is 12.9. The number of anilines is 1. The zero-order valence-corrected chi connectivity index (χ0v) is 22.0. The number of methoxy groups -OCH3 is 1. The van der Waals surface area contributed by atoms with Gasteiger partial charge in [0.05, 0.1) is 12.8 Å². The molecule has 184 valence electrons. The lowest BCUT2D eigenvalue weighted by Crippen LogP contribution is -2.23. The fourth-order valence-electron chi connectivity index (χ4n) is 3.74. The van der Waals surface area contributed by atoms with E-state index in [2.05, 4.69) is 23.9 Å². The summed E-state index contributed by atoms with van der Waals surface area (Å²) in [6, 6.07) is 18.8. The third-order valence-corrected chi connectivity index (χ3v) is 8.65. The summed E-state index contributed by atoms with van der Waals surface area (Å²) in [7, 11) is -2.06. The standard InChI is InChI=1S/C21H24N2O3S2.C6H12/c1-15(2)22-14-17-7-4-5-10-19(17)23-28(24,25)21-12-11-20(27-21)16-8-6-9-18(13-16)26-3;1-2-4-6-5-3-1/h4-13,15,22-23H,14H2,1-3H3;1-6H2. The maximum Gasteiger partial charge on any atom is 0.271 e. The van der Waals surface area contributed by atoms with E-state index in [1.807, 2.05) is 48.5 Å². The number of para-hydroxylation sites is 1. The minimum Gasteiger partial charge on any atom is -0.497 e. The van der Waals surface area contributed by atoms with Crippen molar-refractivity contribution in [2.24, 2.45) is 0 Å². The summed E-state index contributed by atoms with van der Waals surface area (Å²) in [5.41, 5.74) is 2.42. The smallest absolute Gasteiger partial charge is 0.271 e. The van der Waals surface area contributed by atoms with Gasteiger partial charge in [-0.3, -0.25) is 4.72 Å². The summed E-state index contributed by atoms with van der Waals surface area (Å²) in [4.78, 5) is 0.869. The number of thiophene rings is 1. The number of nitrogens with one attached hydrogen (secondary N) is 2. The molecule has 4 rings (SSSR count). The fraction of sp³-hybridized carbons (Fsp3) is 0.407. The molecular weight excluding hydrogens is 464 g/mol. The number of hydrogen-bond acceptors (Lipinski definition) is 5. The summed E-state index contributed by atoms with van der Waals surface area (Å²) in [5, 5.41) is 3.32. The molecule has 0 bridgehead atoms. The van der Waals surface area contributed by atoms with Crippen LogP contribution in [0, 0.1) is 0 Å². The molecule has 0 unspecified atom stereocenters. The van der Waals surface area contributed by atoms with Crippen LogP contribution in [0.3, 0.4) is 0 Å². The highest BCUT2D eigenvalue weighted by atomic mass is 32.2. The van der Waals surface area contributed by atoms with Gasteiger partial charge in [0.2, 0.25) is 0 Å². The van der Waals surface area contributed by atoms with Crippen molar-refractivity contribution in [2.75, 3.05) is 11.8 Å². The Morgan fingerprint density at radius 3 is 2.24 bits per heavy atom. The van der Waals surface area contributed by atoms with E-state index in [0.29, 0.717) is 18.3 Å². The van der Waals surface area contributed by atoms with Crippen molar-refractivity contribution >= 4 is 27.0 Å². The van der Waals surface area contributed by atoms with Gasteiger partial charge in [0.15, 0.2) is 0 Å². The Morgan fingerprint density at radius 2 is 1.59 bits per heavy atom. The van der Waals surface area contributed by atoms with Gasteiger partial charge in [-0.05, 0) is 41.5 Å². The van der Waals surface area contributed by atoms with Crippen LogP contribution in [-0.4, -0.2) is 21.6 Å². The third-order valence-electron chi connectivity index (χ3n) is 5.66. The first-order chi connectivity index (χ1) is 16.4. The molecule has 1 fully saturated rings. The van der Waals surface area contributed by atoms with E-state index < -0.39 is 10.0 Å². The van der Waals surface area contributed by atoms with Crippen LogP contribution in [0.2, 0.25) is 0 Å². The Kier molecular flexibility index (Phi) is 9.99. The Morgan fingerprint density at radius 1 is 0.912 bits per heavy atom. The van der Waals surface area contributed by atoms with Crippen LogP contribution in [-0.2, 0) is 16.6 Å². The zero-order valence-electron chi connectivity index (χ0n) is 20.3. The molecular formula is C27H36N2O3S2. The van der Waals surface area contributed by atoms with Gasteiger partial charge < -0.3 is 10.1 Å². The lowest BCUT2D eigenvalue weighted by Gasteiger charge is -2.14. The van der Waals surface area contributed by atoms with Gasteiger partial charge in [-0.1, -0.05) is 82.7 Å². The molecule has 1 saturated carbocycles. The van der Waals surface area contributed by atoms with Gasteiger partial charge in [-0.15, -0.1) is 11.3 Å². The molecule has 2 N–H and O–H groups in total. The van der Waals surface area contributed by atoms with Crippen molar-refractivity contribution in [3.05, 3.63) is 66.2 Å². The van der Waals surface area contributed by atoms with Crippen LogP contribution in [0.5, 0.6) is 5.75 Å². The molecule has 5 nitrogen and oxygen atoms in total. The molecule has 0 radical (unpaired) electrons. The van der Waals surface area contributed by atoms with Gasteiger partial charge in [0.25, 0.3) is 10.0 Å². The van der Waals surface area contributed by atoms with E-state index in [4.69, 9.17) is 4.74 Å². The van der Waals surface area contributed by atoms with Gasteiger partial charge in [-0.2, -0.15) is 0 Å². The lowest BCUT2D eigenvalue weighted by molar-refractivity contribution is 0.415. The van der Waals surface area contributed by atoms with E-state index in [1.165, 1.54) is 49.9 Å². The quantitative estimate of drug-likeness (QED) is 0.347. The summed E-state index contributed by atoms with van der Waals surface area (Å²) in [6.45, 7) is 4.70. The number of hydrogen-bond donors (Lipinski definition) is 2. The van der Waals surface area contributed by atoms with E-state index >= 15 is 0 Å². The molecule has 0 aliphatic heterocycles. The van der Waals surface area contributed by atoms with Crippen LogP contribution in [0.25, 0.3) is 10.4 Å². The van der Waals surface area contributed by atoms with Crippen LogP contribution in [0.15, 0.2) is 64.9 Å². The minimum atomic E-state index is -3.67. The molecule has 0 atom stereocenters. The SMILES string of the molecule is C1CCCCC1.COc1cccc(-c2ccc(S(=O)(=O)Nc3ccccc3CNC(C)C)s2)c1. The number of benzene rings is 2. The second kappa shape index (κ2) is 12.9. The van der Waals surface area contributed by atoms with Crippen molar-refractivity contribution < 1.29 is 13.2 Å². The molecule has 3 aromatic rings. The Bertz CT molecular complexity index is 1120. The van der Waals surface area contributed by atoms with E-state index in [9.17, 15) is 8.42 Å². The molecule has 2 aromatic carbocycles. The molecule has 0 spiro atoms. The summed E-state index contributed by atoms with van der Waals surface area (Å²) < 4.78 is 34.1. The third kappa shape index (κ3) is 7.86. The minimum absolute atomic E-state index is 0.275. The number of rotatable bonds is 8. The van der Waals surface area contributed by atoms with Gasteiger partial charge in [-0.25, -0.2) is 8.42 Å². The van der Waals surface area contributed by atoms with Crippen LogP contribution < -0.4 is 14.8 Å². The number of ether oxygens (including phenoxy) is 1. The van der Waals surface area contributed by atoms with Gasteiger partial charge in [0.1, 0.15) is 9.96 Å². The first-order valence-corrected chi connectivity index (χ1v) is 14.3. The topological polar surface area (TPSA) is 67.4 Å². The molecule has 1 aromatic heterocycles. The predicted octanol–water partition coefficient (Wildman–Crippen LogP) is 7.06. The van der Waals surface area contributed by atoms with Crippen LogP contribution in [0.1, 0.15) is 57.9 Å². The molecule has 1 aliphatic rings. The van der Waals surface area contributed by atoms with Gasteiger partial charge in [0, 0.05) is 17.5 Å². The maximum absolute atomic E-state index is 12.9. The summed E-state index contributed by atoms with van der Waals surface area (Å²) in [5.74, 6) is 0.736. The van der Waals surface area contributed by atoms with Crippen molar-refractivity contribution in [1.29, 1.82) is 0 Å². The normalized spacial score (nSPS) is 13.8. The number of sulfonamides is 1. The van der Waals surface area contributed by atoms with Crippen molar-refractivity contribution in [1.82, 2.24) is 5.32 Å². The Labute approximate surface area is 208 Å². The first-order valence-electron chi connectivity index (χ1n) is 12.0.